The summed E-state index contributed by atoms with van der Waals surface area (Å²) in [5, 5.41) is 0.703. The number of aryl methyl sites for hydroxylation is 1. The minimum absolute atomic E-state index is 0.0752. The van der Waals surface area contributed by atoms with Gasteiger partial charge >= 0.3 is 0 Å². The Morgan fingerprint density at radius 3 is 2.85 bits per heavy atom. The van der Waals surface area contributed by atoms with Gasteiger partial charge in [0.1, 0.15) is 6.04 Å². The number of carbonyl (C=O) groups excluding carboxylic acids is 3. The van der Waals surface area contributed by atoms with Crippen LogP contribution in [0.25, 0.3) is 0 Å². The number of imide groups is 1. The van der Waals surface area contributed by atoms with Crippen LogP contribution in [0.4, 0.5) is 5.69 Å². The fourth-order valence-electron chi connectivity index (χ4n) is 3.64. The zero-order chi connectivity index (χ0) is 19.0. The van der Waals surface area contributed by atoms with E-state index in [2.05, 4.69) is 4.98 Å². The van der Waals surface area contributed by atoms with Crippen LogP contribution < -0.4 is 4.90 Å². The standard InChI is InChI=1S/C19H20N4O3S/c1-21-11-9-20-19(21)27-12-16(24)23-14-7-3-2-6-13(14)17(25)22-10-5-4-8-15(22)18(23)26/h2-3,6-7,9,11,15H,4-5,8,10,12H2,1H3/t15-/m1/s1. The summed E-state index contributed by atoms with van der Waals surface area (Å²) in [5.74, 6) is -0.735. The summed E-state index contributed by atoms with van der Waals surface area (Å²) >= 11 is 1.28. The smallest absolute Gasteiger partial charge is 0.256 e. The van der Waals surface area contributed by atoms with E-state index < -0.39 is 6.04 Å². The van der Waals surface area contributed by atoms with Crippen LogP contribution in [0.2, 0.25) is 0 Å². The predicted octanol–water partition coefficient (Wildman–Crippen LogP) is 2.08. The van der Waals surface area contributed by atoms with Gasteiger partial charge in [-0.15, -0.1) is 0 Å². The largest absolute Gasteiger partial charge is 0.329 e. The number of hydrogen-bond donors (Lipinski definition) is 0. The zero-order valence-electron chi connectivity index (χ0n) is 15.0. The van der Waals surface area contributed by atoms with Crippen LogP contribution in [0, 0.1) is 0 Å². The molecule has 0 unspecified atom stereocenters. The third-order valence-electron chi connectivity index (χ3n) is 5.00. The number of amides is 3. The fourth-order valence-corrected chi connectivity index (χ4v) is 4.42. The first kappa shape index (κ1) is 17.8. The number of rotatable bonds is 3. The van der Waals surface area contributed by atoms with Crippen LogP contribution in [0.15, 0.2) is 41.8 Å². The van der Waals surface area contributed by atoms with E-state index in [9.17, 15) is 14.4 Å². The molecule has 1 atom stereocenters. The second kappa shape index (κ2) is 7.19. The van der Waals surface area contributed by atoms with Crippen molar-refractivity contribution >= 4 is 35.2 Å². The molecule has 27 heavy (non-hydrogen) atoms. The summed E-state index contributed by atoms with van der Waals surface area (Å²) in [6.45, 7) is 0.549. The van der Waals surface area contributed by atoms with Crippen LogP contribution in [-0.4, -0.2) is 50.5 Å². The van der Waals surface area contributed by atoms with Gasteiger partial charge in [-0.2, -0.15) is 0 Å². The maximum atomic E-state index is 13.2. The van der Waals surface area contributed by atoms with E-state index in [1.54, 1.807) is 41.6 Å². The van der Waals surface area contributed by atoms with Crippen molar-refractivity contribution in [3.05, 3.63) is 42.2 Å². The second-order valence-corrected chi connectivity index (χ2v) is 7.65. The number of para-hydroxylation sites is 1. The zero-order valence-corrected chi connectivity index (χ0v) is 15.8. The van der Waals surface area contributed by atoms with E-state index in [4.69, 9.17) is 0 Å². The minimum atomic E-state index is -0.569. The highest BCUT2D eigenvalue weighted by Crippen LogP contribution is 2.32. The number of fused-ring (bicyclic) bond motifs is 2. The van der Waals surface area contributed by atoms with E-state index in [-0.39, 0.29) is 23.5 Å². The van der Waals surface area contributed by atoms with Crippen molar-refractivity contribution in [1.29, 1.82) is 0 Å². The Hall–Kier alpha value is -2.61. The molecule has 0 aliphatic carbocycles. The quantitative estimate of drug-likeness (QED) is 0.758. The molecule has 0 N–H and O–H groups in total. The first-order valence-corrected chi connectivity index (χ1v) is 9.93. The number of thioether (sulfide) groups is 1. The van der Waals surface area contributed by atoms with Crippen molar-refractivity contribution in [3.8, 4) is 0 Å². The molecule has 8 heteroatoms. The Labute approximate surface area is 161 Å². The van der Waals surface area contributed by atoms with E-state index in [0.29, 0.717) is 29.4 Å². The number of imidazole rings is 1. The van der Waals surface area contributed by atoms with E-state index in [1.807, 2.05) is 11.6 Å². The number of benzene rings is 1. The number of piperidine rings is 1. The van der Waals surface area contributed by atoms with E-state index in [0.717, 1.165) is 12.8 Å². The first-order chi connectivity index (χ1) is 13.1. The molecule has 0 saturated carbocycles. The molecule has 140 valence electrons. The minimum Gasteiger partial charge on any atom is -0.329 e. The van der Waals surface area contributed by atoms with Crippen molar-refractivity contribution in [2.24, 2.45) is 7.05 Å². The highest BCUT2D eigenvalue weighted by molar-refractivity contribution is 7.99. The van der Waals surface area contributed by atoms with E-state index in [1.165, 1.54) is 16.7 Å². The molecule has 0 radical (unpaired) electrons. The van der Waals surface area contributed by atoms with Crippen LogP contribution >= 0.6 is 11.8 Å². The lowest BCUT2D eigenvalue weighted by Crippen LogP contribution is -2.52. The average Bonchev–Trinajstić information content (AvgIpc) is 3.07. The lowest BCUT2D eigenvalue weighted by atomic mass is 10.0. The molecule has 4 rings (SSSR count). The fraction of sp³-hybridized carbons (Fsp3) is 0.368. The first-order valence-electron chi connectivity index (χ1n) is 8.95. The highest BCUT2D eigenvalue weighted by Gasteiger charge is 2.42. The molecule has 3 amide bonds. The van der Waals surface area contributed by atoms with E-state index >= 15 is 0 Å². The maximum Gasteiger partial charge on any atom is 0.256 e. The highest BCUT2D eigenvalue weighted by atomic mass is 32.2. The van der Waals surface area contributed by atoms with Gasteiger partial charge in [0.05, 0.1) is 17.0 Å². The van der Waals surface area contributed by atoms with Gasteiger partial charge in [0.2, 0.25) is 5.91 Å². The lowest BCUT2D eigenvalue weighted by Gasteiger charge is -2.34. The van der Waals surface area contributed by atoms with Crippen molar-refractivity contribution in [3.63, 3.8) is 0 Å². The SMILES string of the molecule is Cn1ccnc1SCC(=O)N1C(=O)[C@H]2CCCCN2C(=O)c2ccccc21. The Kier molecular flexibility index (Phi) is 4.73. The van der Waals surface area contributed by atoms with Crippen LogP contribution in [0.1, 0.15) is 29.6 Å². The molecule has 0 spiro atoms. The molecule has 7 nitrogen and oxygen atoms in total. The monoisotopic (exact) mass is 384 g/mol. The molecular weight excluding hydrogens is 364 g/mol. The Bertz CT molecular complexity index is 910. The molecule has 1 saturated heterocycles. The molecular formula is C19H20N4O3S. The lowest BCUT2D eigenvalue weighted by molar-refractivity contribution is -0.128. The maximum absolute atomic E-state index is 13.2. The van der Waals surface area contributed by atoms with Gasteiger partial charge in [0, 0.05) is 26.0 Å². The van der Waals surface area contributed by atoms with Gasteiger partial charge in [0.25, 0.3) is 11.8 Å². The van der Waals surface area contributed by atoms with Crippen molar-refractivity contribution in [2.45, 2.75) is 30.5 Å². The van der Waals surface area contributed by atoms with Crippen molar-refractivity contribution < 1.29 is 14.4 Å². The topological polar surface area (TPSA) is 75.5 Å². The Morgan fingerprint density at radius 2 is 2.07 bits per heavy atom. The van der Waals surface area contributed by atoms with Gasteiger partial charge in [0.15, 0.2) is 5.16 Å². The molecule has 2 aliphatic rings. The molecule has 2 aliphatic heterocycles. The normalized spacial score (nSPS) is 19.5. The van der Waals surface area contributed by atoms with Crippen LogP contribution in [-0.2, 0) is 16.6 Å². The third kappa shape index (κ3) is 3.14. The molecule has 1 aromatic heterocycles. The number of hydrogen-bond acceptors (Lipinski definition) is 5. The summed E-state index contributed by atoms with van der Waals surface area (Å²) in [6, 6.07) is 6.30. The molecule has 1 aromatic carbocycles. The molecule has 2 aromatic rings. The number of aromatic nitrogens is 2. The predicted molar refractivity (Wildman–Crippen MR) is 102 cm³/mol. The summed E-state index contributed by atoms with van der Waals surface area (Å²) in [7, 11) is 1.85. The Morgan fingerprint density at radius 1 is 1.26 bits per heavy atom. The number of carbonyl (C=O) groups is 3. The second-order valence-electron chi connectivity index (χ2n) is 6.70. The number of nitrogens with zero attached hydrogens (tertiary/aromatic N) is 4. The van der Waals surface area contributed by atoms with Crippen LogP contribution in [0.3, 0.4) is 0 Å². The molecule has 0 bridgehead atoms. The third-order valence-corrected chi connectivity index (χ3v) is 6.04. The van der Waals surface area contributed by atoms with Gasteiger partial charge < -0.3 is 9.47 Å². The van der Waals surface area contributed by atoms with Crippen molar-refractivity contribution in [1.82, 2.24) is 14.5 Å². The van der Waals surface area contributed by atoms with Crippen molar-refractivity contribution in [2.75, 3.05) is 17.2 Å². The Balaban J connectivity index is 1.68. The molecule has 3 heterocycles. The van der Waals surface area contributed by atoms with Gasteiger partial charge in [-0.25, -0.2) is 9.88 Å². The summed E-state index contributed by atoms with van der Waals surface area (Å²) in [6.07, 6.45) is 5.81. The van der Waals surface area contributed by atoms with Gasteiger partial charge in [-0.1, -0.05) is 23.9 Å². The van der Waals surface area contributed by atoms with Gasteiger partial charge in [-0.3, -0.25) is 14.4 Å². The summed E-state index contributed by atoms with van der Waals surface area (Å²) < 4.78 is 1.82. The summed E-state index contributed by atoms with van der Waals surface area (Å²) in [5.41, 5.74) is 0.790. The molecule has 1 fully saturated rings. The van der Waals surface area contributed by atoms with Gasteiger partial charge in [-0.05, 0) is 31.4 Å². The average molecular weight is 384 g/mol. The summed E-state index contributed by atoms with van der Waals surface area (Å²) in [4.78, 5) is 46.3. The van der Waals surface area contributed by atoms with Crippen LogP contribution in [0.5, 0.6) is 0 Å². The number of anilines is 1.